The number of aliphatic hydroxyl groups is 1. The first-order valence-electron chi connectivity index (χ1n) is 5.11. The average Bonchev–Trinajstić information content (AvgIpc) is 2.34. The molecular weight excluding hydrogens is 277 g/mol. The molecule has 1 rings (SSSR count). The number of hydrogen-bond donors (Lipinski definition) is 4. The molecule has 0 fully saturated rings. The molecular formula is C10H16NO5PS. The molecule has 6 nitrogen and oxygen atoms in total. The van der Waals surface area contributed by atoms with E-state index in [0.717, 1.165) is 4.90 Å². The Morgan fingerprint density at radius 3 is 2.39 bits per heavy atom. The highest BCUT2D eigenvalue weighted by Crippen LogP contribution is 2.36. The van der Waals surface area contributed by atoms with Crippen molar-refractivity contribution in [1.29, 1.82) is 0 Å². The van der Waals surface area contributed by atoms with Crippen LogP contribution < -0.4 is 5.73 Å². The van der Waals surface area contributed by atoms with Gasteiger partial charge in [0.2, 0.25) is 0 Å². The van der Waals surface area contributed by atoms with E-state index in [0.29, 0.717) is 5.56 Å². The average molecular weight is 293 g/mol. The van der Waals surface area contributed by atoms with Crippen molar-refractivity contribution < 1.29 is 24.0 Å². The Hall–Kier alpha value is -0.400. The second kappa shape index (κ2) is 6.68. The molecule has 18 heavy (non-hydrogen) atoms. The van der Waals surface area contributed by atoms with E-state index in [9.17, 15) is 9.67 Å². The van der Waals surface area contributed by atoms with Crippen LogP contribution in [0.1, 0.15) is 11.7 Å². The van der Waals surface area contributed by atoms with Gasteiger partial charge in [0.1, 0.15) is 0 Å². The van der Waals surface area contributed by atoms with Crippen LogP contribution in [0.25, 0.3) is 0 Å². The molecule has 0 bridgehead atoms. The Labute approximate surface area is 109 Å². The number of hydrogen-bond acceptors (Lipinski definition) is 5. The van der Waals surface area contributed by atoms with Gasteiger partial charge >= 0.3 is 7.82 Å². The molecule has 0 aliphatic rings. The first-order chi connectivity index (χ1) is 8.33. The third-order valence-corrected chi connectivity index (χ3v) is 3.53. The van der Waals surface area contributed by atoms with Gasteiger partial charge < -0.3 is 20.6 Å². The van der Waals surface area contributed by atoms with Crippen molar-refractivity contribution in [2.45, 2.75) is 17.0 Å². The van der Waals surface area contributed by atoms with Crippen LogP contribution in [0.3, 0.4) is 0 Å². The number of phosphoric acid groups is 1. The summed E-state index contributed by atoms with van der Waals surface area (Å²) in [6.45, 7) is -0.421. The highest BCUT2D eigenvalue weighted by atomic mass is 32.2. The SMILES string of the molecule is CSc1ccc([C@H](O)[C@@H](N)COP(=O)(O)O)cc1. The molecule has 102 valence electrons. The van der Waals surface area contributed by atoms with Crippen LogP contribution in [-0.2, 0) is 9.09 Å². The fourth-order valence-electron chi connectivity index (χ4n) is 1.32. The lowest BCUT2D eigenvalue weighted by Gasteiger charge is -2.19. The molecule has 0 saturated carbocycles. The van der Waals surface area contributed by atoms with Gasteiger partial charge in [0, 0.05) is 4.90 Å². The van der Waals surface area contributed by atoms with Gasteiger partial charge in [-0.1, -0.05) is 12.1 Å². The summed E-state index contributed by atoms with van der Waals surface area (Å²) in [7, 11) is -4.56. The predicted molar refractivity (Wildman–Crippen MR) is 69.2 cm³/mol. The maximum Gasteiger partial charge on any atom is 0.469 e. The minimum atomic E-state index is -4.56. The smallest absolute Gasteiger partial charge is 0.387 e. The maximum absolute atomic E-state index is 10.5. The molecule has 0 aliphatic heterocycles. The molecule has 1 aromatic carbocycles. The number of thioether (sulfide) groups is 1. The summed E-state index contributed by atoms with van der Waals surface area (Å²) in [6, 6.07) is 6.19. The third-order valence-electron chi connectivity index (χ3n) is 2.30. The fraction of sp³-hybridized carbons (Fsp3) is 0.400. The standard InChI is InChI=1S/C10H16NO5PS/c1-18-8-4-2-7(3-5-8)10(12)9(11)6-16-17(13,14)15/h2-5,9-10,12H,6,11H2,1H3,(H2,13,14,15)/t9-,10-/m0/s1. The molecule has 2 atom stereocenters. The predicted octanol–water partition coefficient (Wildman–Crippen LogP) is 0.879. The lowest BCUT2D eigenvalue weighted by atomic mass is 10.0. The van der Waals surface area contributed by atoms with Gasteiger partial charge in [-0.15, -0.1) is 11.8 Å². The molecule has 0 aliphatic carbocycles. The highest BCUT2D eigenvalue weighted by Gasteiger charge is 2.22. The van der Waals surface area contributed by atoms with Crippen molar-refractivity contribution in [3.05, 3.63) is 29.8 Å². The van der Waals surface area contributed by atoms with Crippen molar-refractivity contribution in [2.24, 2.45) is 5.73 Å². The Morgan fingerprint density at radius 2 is 1.94 bits per heavy atom. The van der Waals surface area contributed by atoms with Crippen LogP contribution in [0.2, 0.25) is 0 Å². The first-order valence-corrected chi connectivity index (χ1v) is 7.86. The second-order valence-corrected chi connectivity index (χ2v) is 5.79. The highest BCUT2D eigenvalue weighted by molar-refractivity contribution is 7.98. The van der Waals surface area contributed by atoms with Crippen LogP contribution in [0, 0.1) is 0 Å². The van der Waals surface area contributed by atoms with Crippen LogP contribution in [-0.4, -0.2) is 33.8 Å². The summed E-state index contributed by atoms with van der Waals surface area (Å²) in [5, 5.41) is 9.88. The third kappa shape index (κ3) is 5.07. The minimum absolute atomic E-state index is 0.421. The monoisotopic (exact) mass is 293 g/mol. The Morgan fingerprint density at radius 1 is 1.39 bits per heavy atom. The summed E-state index contributed by atoms with van der Waals surface area (Å²) >= 11 is 1.57. The van der Waals surface area contributed by atoms with E-state index in [-0.39, 0.29) is 0 Å². The van der Waals surface area contributed by atoms with E-state index >= 15 is 0 Å². The lowest BCUT2D eigenvalue weighted by molar-refractivity contribution is 0.102. The summed E-state index contributed by atoms with van der Waals surface area (Å²) in [5.74, 6) is 0. The Kier molecular flexibility index (Phi) is 5.81. The molecule has 1 aromatic rings. The van der Waals surface area contributed by atoms with E-state index in [1.54, 1.807) is 23.9 Å². The Balaban J connectivity index is 2.62. The van der Waals surface area contributed by atoms with Crippen LogP contribution in [0.15, 0.2) is 29.2 Å². The zero-order valence-corrected chi connectivity index (χ0v) is 11.5. The molecule has 0 unspecified atom stereocenters. The number of nitrogens with two attached hydrogens (primary N) is 1. The van der Waals surface area contributed by atoms with Crippen molar-refractivity contribution >= 4 is 19.6 Å². The molecule has 5 N–H and O–H groups in total. The van der Waals surface area contributed by atoms with Gasteiger partial charge in [-0.05, 0) is 24.0 Å². The van der Waals surface area contributed by atoms with Crippen molar-refractivity contribution in [2.75, 3.05) is 12.9 Å². The van der Waals surface area contributed by atoms with Crippen LogP contribution in [0.5, 0.6) is 0 Å². The summed E-state index contributed by atoms with van der Waals surface area (Å²) in [4.78, 5) is 18.1. The topological polar surface area (TPSA) is 113 Å². The van der Waals surface area contributed by atoms with Crippen LogP contribution in [0.4, 0.5) is 0 Å². The quantitative estimate of drug-likeness (QED) is 0.455. The molecule has 0 radical (unpaired) electrons. The summed E-state index contributed by atoms with van der Waals surface area (Å²) in [5.41, 5.74) is 6.18. The maximum atomic E-state index is 10.5. The second-order valence-electron chi connectivity index (χ2n) is 3.67. The number of rotatable bonds is 6. The zero-order valence-electron chi connectivity index (χ0n) is 9.76. The van der Waals surface area contributed by atoms with Crippen molar-refractivity contribution in [3.63, 3.8) is 0 Å². The van der Waals surface area contributed by atoms with Gasteiger partial charge in [-0.25, -0.2) is 4.57 Å². The number of aliphatic hydroxyl groups excluding tert-OH is 1. The molecule has 0 amide bonds. The van der Waals surface area contributed by atoms with Gasteiger partial charge in [0.15, 0.2) is 0 Å². The summed E-state index contributed by atoms with van der Waals surface area (Å²) < 4.78 is 14.8. The number of phosphoric ester groups is 1. The molecule has 0 aromatic heterocycles. The molecule has 0 spiro atoms. The fourth-order valence-corrected chi connectivity index (χ4v) is 2.10. The normalized spacial score (nSPS) is 15.4. The van der Waals surface area contributed by atoms with E-state index in [4.69, 9.17) is 15.5 Å². The van der Waals surface area contributed by atoms with E-state index in [1.807, 2.05) is 18.4 Å². The van der Waals surface area contributed by atoms with Gasteiger partial charge in [-0.2, -0.15) is 0 Å². The molecule has 0 heterocycles. The summed E-state index contributed by atoms with van der Waals surface area (Å²) in [6.07, 6.45) is 0.901. The van der Waals surface area contributed by atoms with Crippen molar-refractivity contribution in [1.82, 2.24) is 0 Å². The van der Waals surface area contributed by atoms with E-state index in [1.165, 1.54) is 0 Å². The van der Waals surface area contributed by atoms with Crippen molar-refractivity contribution in [3.8, 4) is 0 Å². The zero-order chi connectivity index (χ0) is 13.8. The lowest BCUT2D eigenvalue weighted by Crippen LogP contribution is -2.32. The Bertz CT molecular complexity index is 421. The molecule has 8 heteroatoms. The first kappa shape index (κ1) is 15.7. The number of benzene rings is 1. The largest absolute Gasteiger partial charge is 0.469 e. The molecule has 0 saturated heterocycles. The minimum Gasteiger partial charge on any atom is -0.387 e. The van der Waals surface area contributed by atoms with Gasteiger partial charge in [0.25, 0.3) is 0 Å². The van der Waals surface area contributed by atoms with Crippen LogP contribution >= 0.6 is 19.6 Å². The van der Waals surface area contributed by atoms with E-state index < -0.39 is 26.6 Å². The van der Waals surface area contributed by atoms with Gasteiger partial charge in [0.05, 0.1) is 18.8 Å². The van der Waals surface area contributed by atoms with Gasteiger partial charge in [-0.3, -0.25) is 4.52 Å². The van der Waals surface area contributed by atoms with E-state index in [2.05, 4.69) is 4.52 Å².